The summed E-state index contributed by atoms with van der Waals surface area (Å²) >= 11 is 0. The van der Waals surface area contributed by atoms with Crippen LogP contribution in [-0.4, -0.2) is 37.9 Å². The lowest BCUT2D eigenvalue weighted by molar-refractivity contribution is -0.119. The number of carbonyl (C=O) groups excluding carboxylic acids is 2. The normalized spacial score (nSPS) is 11.0. The number of ether oxygens (including phenoxy) is 3. The van der Waals surface area contributed by atoms with Gasteiger partial charge in [-0.3, -0.25) is 10.1 Å². The third kappa shape index (κ3) is 4.53. The molecule has 0 atom stereocenters. The molecule has 0 radical (unpaired) electrons. The van der Waals surface area contributed by atoms with E-state index in [9.17, 15) is 9.59 Å². The molecule has 1 aromatic heterocycles. The third-order valence-corrected chi connectivity index (χ3v) is 3.50. The Morgan fingerprint density at radius 2 is 1.92 bits per heavy atom. The smallest absolute Gasteiger partial charge is 0.342 e. The molecule has 0 aliphatic carbocycles. The second-order valence-electron chi connectivity index (χ2n) is 6.49. The highest BCUT2D eigenvalue weighted by Crippen LogP contribution is 2.31. The number of carbonyl (C=O) groups is 2. The molecule has 140 valence electrons. The summed E-state index contributed by atoms with van der Waals surface area (Å²) in [6.45, 7) is 5.43. The number of methoxy groups -OCH3 is 2. The van der Waals surface area contributed by atoms with Gasteiger partial charge in [0.25, 0.3) is 5.91 Å². The molecule has 0 spiro atoms. The van der Waals surface area contributed by atoms with Gasteiger partial charge in [-0.25, -0.2) is 4.79 Å². The number of nitrogens with one attached hydrogen (secondary N) is 1. The Kier molecular flexibility index (Phi) is 5.86. The van der Waals surface area contributed by atoms with Crippen LogP contribution in [0.4, 0.5) is 5.88 Å². The minimum Gasteiger partial charge on any atom is -0.493 e. The zero-order chi connectivity index (χ0) is 19.3. The number of aromatic nitrogens is 1. The first-order valence-electron chi connectivity index (χ1n) is 7.91. The van der Waals surface area contributed by atoms with Crippen molar-refractivity contribution >= 4 is 17.8 Å². The maximum absolute atomic E-state index is 12.2. The number of para-hydroxylation sites is 1. The van der Waals surface area contributed by atoms with Crippen molar-refractivity contribution in [2.24, 2.45) is 0 Å². The number of nitrogens with zero attached hydrogens (tertiary/aromatic N) is 1. The minimum absolute atomic E-state index is 0.161. The molecule has 0 aliphatic rings. The van der Waals surface area contributed by atoms with Crippen molar-refractivity contribution in [2.45, 2.75) is 26.2 Å². The van der Waals surface area contributed by atoms with E-state index in [0.717, 1.165) is 0 Å². The van der Waals surface area contributed by atoms with Crippen LogP contribution in [0.5, 0.6) is 11.5 Å². The summed E-state index contributed by atoms with van der Waals surface area (Å²) in [6, 6.07) is 6.43. The number of hydrogen-bond donors (Lipinski definition) is 1. The van der Waals surface area contributed by atoms with E-state index in [4.69, 9.17) is 18.7 Å². The summed E-state index contributed by atoms with van der Waals surface area (Å²) in [6.07, 6.45) is 0. The molecule has 2 rings (SSSR count). The number of rotatable bonds is 6. The average molecular weight is 362 g/mol. The summed E-state index contributed by atoms with van der Waals surface area (Å²) in [5, 5.41) is 6.39. The fraction of sp³-hybridized carbons (Fsp3) is 0.389. The summed E-state index contributed by atoms with van der Waals surface area (Å²) in [5.41, 5.74) is 0.655. The van der Waals surface area contributed by atoms with Crippen molar-refractivity contribution in [3.05, 3.63) is 35.5 Å². The first-order chi connectivity index (χ1) is 12.3. The zero-order valence-electron chi connectivity index (χ0n) is 15.4. The molecule has 8 heteroatoms. The molecule has 2 aromatic rings. The van der Waals surface area contributed by atoms with Crippen LogP contribution < -0.4 is 14.8 Å². The third-order valence-electron chi connectivity index (χ3n) is 3.50. The molecule has 0 saturated carbocycles. The monoisotopic (exact) mass is 362 g/mol. The van der Waals surface area contributed by atoms with E-state index in [1.165, 1.54) is 20.3 Å². The van der Waals surface area contributed by atoms with Gasteiger partial charge < -0.3 is 18.7 Å². The molecule has 1 heterocycles. The fourth-order valence-corrected chi connectivity index (χ4v) is 2.12. The van der Waals surface area contributed by atoms with E-state index >= 15 is 0 Å². The maximum Gasteiger partial charge on any atom is 0.342 e. The summed E-state index contributed by atoms with van der Waals surface area (Å²) in [7, 11) is 2.88. The lowest BCUT2D eigenvalue weighted by Crippen LogP contribution is -2.21. The van der Waals surface area contributed by atoms with Crippen LogP contribution in [0.2, 0.25) is 0 Å². The molecule has 0 bridgehead atoms. The number of amides is 1. The molecular weight excluding hydrogens is 340 g/mol. The predicted octanol–water partition coefficient (Wildman–Crippen LogP) is 2.78. The summed E-state index contributed by atoms with van der Waals surface area (Å²) in [4.78, 5) is 24.2. The largest absolute Gasteiger partial charge is 0.493 e. The van der Waals surface area contributed by atoms with Gasteiger partial charge in [0.1, 0.15) is 5.56 Å². The van der Waals surface area contributed by atoms with Crippen molar-refractivity contribution in [2.75, 3.05) is 26.1 Å². The standard InChI is InChI=1S/C18H22N2O6/c1-18(2,3)13-9-15(26-20-13)19-14(21)10-25-17(22)11-7-6-8-12(23-4)16(11)24-5/h6-9H,10H2,1-5H3,(H,19,21). The SMILES string of the molecule is COc1cccc(C(=O)OCC(=O)Nc2cc(C(C)(C)C)no2)c1OC. The van der Waals surface area contributed by atoms with Gasteiger partial charge in [-0.15, -0.1) is 0 Å². The van der Waals surface area contributed by atoms with Gasteiger partial charge in [0.2, 0.25) is 5.88 Å². The second-order valence-corrected chi connectivity index (χ2v) is 6.49. The van der Waals surface area contributed by atoms with Gasteiger partial charge in [0, 0.05) is 11.5 Å². The van der Waals surface area contributed by atoms with Crippen molar-refractivity contribution in [3.8, 4) is 11.5 Å². The van der Waals surface area contributed by atoms with E-state index in [1.54, 1.807) is 18.2 Å². The van der Waals surface area contributed by atoms with E-state index in [1.807, 2.05) is 20.8 Å². The summed E-state index contributed by atoms with van der Waals surface area (Å²) in [5.74, 6) is -0.427. The molecule has 0 aliphatic heterocycles. The second kappa shape index (κ2) is 7.90. The van der Waals surface area contributed by atoms with Crippen molar-refractivity contribution in [3.63, 3.8) is 0 Å². The maximum atomic E-state index is 12.2. The van der Waals surface area contributed by atoms with Gasteiger partial charge in [-0.05, 0) is 12.1 Å². The number of esters is 1. The van der Waals surface area contributed by atoms with Gasteiger partial charge >= 0.3 is 5.97 Å². The molecule has 8 nitrogen and oxygen atoms in total. The van der Waals surface area contributed by atoms with Crippen LogP contribution in [0, 0.1) is 0 Å². The highest BCUT2D eigenvalue weighted by Gasteiger charge is 2.21. The van der Waals surface area contributed by atoms with Crippen molar-refractivity contribution in [1.29, 1.82) is 0 Å². The molecule has 26 heavy (non-hydrogen) atoms. The molecule has 1 aromatic carbocycles. The van der Waals surface area contributed by atoms with Crippen LogP contribution in [0.3, 0.4) is 0 Å². The number of hydrogen-bond acceptors (Lipinski definition) is 7. The Hall–Kier alpha value is -3.03. The highest BCUT2D eigenvalue weighted by molar-refractivity contribution is 5.96. The average Bonchev–Trinajstić information content (AvgIpc) is 3.07. The van der Waals surface area contributed by atoms with Crippen LogP contribution in [0.15, 0.2) is 28.8 Å². The molecule has 0 unspecified atom stereocenters. The van der Waals surface area contributed by atoms with Gasteiger partial charge in [0.15, 0.2) is 18.1 Å². The molecule has 1 N–H and O–H groups in total. The highest BCUT2D eigenvalue weighted by atomic mass is 16.5. The first-order valence-corrected chi connectivity index (χ1v) is 7.91. The quantitative estimate of drug-likeness (QED) is 0.789. The minimum atomic E-state index is -0.705. The van der Waals surface area contributed by atoms with Gasteiger partial charge in [-0.2, -0.15) is 0 Å². The lowest BCUT2D eigenvalue weighted by atomic mass is 9.92. The number of benzene rings is 1. The Bertz CT molecular complexity index is 791. The van der Waals surface area contributed by atoms with Gasteiger partial charge in [0.05, 0.1) is 19.9 Å². The Balaban J connectivity index is 1.97. The van der Waals surface area contributed by atoms with Crippen molar-refractivity contribution < 1.29 is 28.3 Å². The summed E-state index contributed by atoms with van der Waals surface area (Å²) < 4.78 is 20.4. The van der Waals surface area contributed by atoms with E-state index in [0.29, 0.717) is 11.4 Å². The topological polar surface area (TPSA) is 99.9 Å². The zero-order valence-corrected chi connectivity index (χ0v) is 15.4. The van der Waals surface area contributed by atoms with Crippen LogP contribution in [0.25, 0.3) is 0 Å². The van der Waals surface area contributed by atoms with E-state index in [-0.39, 0.29) is 22.6 Å². The molecule has 0 fully saturated rings. The first kappa shape index (κ1) is 19.3. The molecular formula is C18H22N2O6. The number of anilines is 1. The Morgan fingerprint density at radius 3 is 2.50 bits per heavy atom. The van der Waals surface area contributed by atoms with Crippen LogP contribution in [-0.2, 0) is 14.9 Å². The van der Waals surface area contributed by atoms with Crippen molar-refractivity contribution in [1.82, 2.24) is 5.16 Å². The van der Waals surface area contributed by atoms with Crippen LogP contribution >= 0.6 is 0 Å². The van der Waals surface area contributed by atoms with Gasteiger partial charge in [-0.1, -0.05) is 32.0 Å². The fourth-order valence-electron chi connectivity index (χ4n) is 2.12. The molecule has 0 saturated heterocycles. The predicted molar refractivity (Wildman–Crippen MR) is 93.7 cm³/mol. The lowest BCUT2D eigenvalue weighted by Gasteiger charge is -2.12. The van der Waals surface area contributed by atoms with E-state index in [2.05, 4.69) is 10.5 Å². The van der Waals surface area contributed by atoms with Crippen LogP contribution in [0.1, 0.15) is 36.8 Å². The Labute approximate surface area is 151 Å². The molecule has 1 amide bonds. The van der Waals surface area contributed by atoms with E-state index < -0.39 is 18.5 Å². The Morgan fingerprint density at radius 1 is 1.19 bits per heavy atom.